The van der Waals surface area contributed by atoms with Crippen molar-refractivity contribution in [3.05, 3.63) is 47.8 Å². The molecule has 2 aromatic rings. The van der Waals surface area contributed by atoms with Gasteiger partial charge >= 0.3 is 0 Å². The molecule has 0 saturated carbocycles. The summed E-state index contributed by atoms with van der Waals surface area (Å²) in [7, 11) is 0. The highest BCUT2D eigenvalue weighted by molar-refractivity contribution is 5.94. The van der Waals surface area contributed by atoms with Crippen LogP contribution in [-0.4, -0.2) is 45.0 Å². The monoisotopic (exact) mass is 284 g/mol. The summed E-state index contributed by atoms with van der Waals surface area (Å²) in [5.74, 6) is 0.0706. The van der Waals surface area contributed by atoms with Gasteiger partial charge in [0.15, 0.2) is 0 Å². The molecule has 2 aliphatic rings. The Morgan fingerprint density at radius 1 is 1.29 bits per heavy atom. The summed E-state index contributed by atoms with van der Waals surface area (Å²) in [5.41, 5.74) is 1.71. The zero-order valence-electron chi connectivity index (χ0n) is 11.6. The van der Waals surface area contributed by atoms with Crippen molar-refractivity contribution in [2.45, 2.75) is 25.2 Å². The first-order chi connectivity index (χ1) is 10.3. The van der Waals surface area contributed by atoms with Gasteiger partial charge in [-0.2, -0.15) is 0 Å². The van der Waals surface area contributed by atoms with E-state index in [2.05, 4.69) is 10.3 Å². The number of fused-ring (bicyclic) bond motifs is 3. The molecule has 21 heavy (non-hydrogen) atoms. The molecule has 3 heterocycles. The van der Waals surface area contributed by atoms with Crippen molar-refractivity contribution in [2.75, 3.05) is 13.1 Å². The van der Waals surface area contributed by atoms with E-state index < -0.39 is 0 Å². The molecule has 2 aliphatic heterocycles. The fourth-order valence-electron chi connectivity index (χ4n) is 3.13. The number of hydrogen-bond donors (Lipinski definition) is 0. The minimum Gasteiger partial charge on any atom is -0.370 e. The first-order valence-corrected chi connectivity index (χ1v) is 7.18. The van der Waals surface area contributed by atoms with Gasteiger partial charge in [-0.1, -0.05) is 23.4 Å². The molecule has 108 valence electrons. The van der Waals surface area contributed by atoms with Gasteiger partial charge in [0, 0.05) is 18.7 Å². The number of aromatic nitrogens is 3. The lowest BCUT2D eigenvalue weighted by molar-refractivity contribution is -0.0605. The van der Waals surface area contributed by atoms with E-state index in [1.807, 2.05) is 39.9 Å². The molecule has 0 unspecified atom stereocenters. The fraction of sp³-hybridized carbons (Fsp3) is 0.400. The Balaban J connectivity index is 1.58. The van der Waals surface area contributed by atoms with E-state index in [1.54, 1.807) is 6.20 Å². The molecule has 1 aromatic heterocycles. The van der Waals surface area contributed by atoms with Crippen LogP contribution in [-0.2, 0) is 11.3 Å². The third-order valence-electron chi connectivity index (χ3n) is 4.24. The Morgan fingerprint density at radius 3 is 3.00 bits per heavy atom. The van der Waals surface area contributed by atoms with Crippen LogP contribution in [0.5, 0.6) is 0 Å². The van der Waals surface area contributed by atoms with Gasteiger partial charge in [0.25, 0.3) is 5.91 Å². The number of benzene rings is 1. The second-order valence-electron chi connectivity index (χ2n) is 5.49. The minimum absolute atomic E-state index is 0.0673. The molecule has 0 spiro atoms. The number of nitrogens with zero attached hydrogens (tertiary/aromatic N) is 4. The molecule has 6 heteroatoms. The lowest BCUT2D eigenvalue weighted by Crippen LogP contribution is -2.49. The normalized spacial score (nSPS) is 24.3. The lowest BCUT2D eigenvalue weighted by Gasteiger charge is -2.41. The summed E-state index contributed by atoms with van der Waals surface area (Å²) in [6.45, 7) is 1.90. The molecule has 4 rings (SSSR count). The first-order valence-electron chi connectivity index (χ1n) is 7.18. The summed E-state index contributed by atoms with van der Waals surface area (Å²) in [5, 5.41) is 8.11. The summed E-state index contributed by atoms with van der Waals surface area (Å²) >= 11 is 0. The van der Waals surface area contributed by atoms with E-state index in [4.69, 9.17) is 4.74 Å². The Bertz CT molecular complexity index is 655. The maximum atomic E-state index is 12.6. The molecule has 0 aliphatic carbocycles. The quantitative estimate of drug-likeness (QED) is 0.791. The van der Waals surface area contributed by atoms with Gasteiger partial charge < -0.3 is 9.64 Å². The number of hydrogen-bond acceptors (Lipinski definition) is 4. The van der Waals surface area contributed by atoms with Crippen molar-refractivity contribution in [1.29, 1.82) is 0 Å². The van der Waals surface area contributed by atoms with Crippen molar-refractivity contribution in [1.82, 2.24) is 19.9 Å². The molecule has 1 fully saturated rings. The third kappa shape index (κ3) is 2.12. The average molecular weight is 284 g/mol. The second-order valence-corrected chi connectivity index (χ2v) is 5.49. The van der Waals surface area contributed by atoms with Crippen LogP contribution >= 0.6 is 0 Å². The highest BCUT2D eigenvalue weighted by atomic mass is 16.5. The van der Waals surface area contributed by atoms with Crippen LogP contribution in [0, 0.1) is 0 Å². The topological polar surface area (TPSA) is 60.3 Å². The molecular formula is C15H16N4O2. The molecule has 1 amide bonds. The van der Waals surface area contributed by atoms with Gasteiger partial charge in [-0.25, -0.2) is 4.68 Å². The second kappa shape index (κ2) is 4.96. The van der Waals surface area contributed by atoms with Gasteiger partial charge in [0.1, 0.15) is 0 Å². The maximum Gasteiger partial charge on any atom is 0.253 e. The molecule has 1 saturated heterocycles. The number of carbonyl (C=O) groups excluding carboxylic acids is 1. The van der Waals surface area contributed by atoms with E-state index in [0.29, 0.717) is 13.2 Å². The third-order valence-corrected chi connectivity index (χ3v) is 4.24. The highest BCUT2D eigenvalue weighted by Gasteiger charge is 2.37. The smallest absolute Gasteiger partial charge is 0.253 e. The van der Waals surface area contributed by atoms with Gasteiger partial charge in [0.05, 0.1) is 30.6 Å². The molecule has 6 nitrogen and oxygen atoms in total. The van der Waals surface area contributed by atoms with Crippen LogP contribution in [0.3, 0.4) is 0 Å². The number of ether oxygens (including phenoxy) is 1. The summed E-state index contributed by atoms with van der Waals surface area (Å²) < 4.78 is 7.78. The van der Waals surface area contributed by atoms with E-state index in [1.165, 1.54) is 0 Å². The van der Waals surface area contributed by atoms with Crippen molar-refractivity contribution < 1.29 is 9.53 Å². The largest absolute Gasteiger partial charge is 0.370 e. The Labute approximate surface area is 122 Å². The van der Waals surface area contributed by atoms with Crippen LogP contribution in [0.15, 0.2) is 36.5 Å². The van der Waals surface area contributed by atoms with Crippen LogP contribution in [0.1, 0.15) is 28.5 Å². The van der Waals surface area contributed by atoms with Crippen molar-refractivity contribution >= 4 is 5.91 Å². The van der Waals surface area contributed by atoms with Gasteiger partial charge in [-0.3, -0.25) is 4.79 Å². The van der Waals surface area contributed by atoms with Crippen LogP contribution in [0.2, 0.25) is 0 Å². The summed E-state index contributed by atoms with van der Waals surface area (Å²) in [6.07, 6.45) is 2.69. The van der Waals surface area contributed by atoms with Crippen LogP contribution in [0.4, 0.5) is 0 Å². The fourth-order valence-corrected chi connectivity index (χ4v) is 3.13. The summed E-state index contributed by atoms with van der Waals surface area (Å²) in [4.78, 5) is 14.4. The van der Waals surface area contributed by atoms with E-state index in [0.717, 1.165) is 24.2 Å². The Hall–Kier alpha value is -2.21. The maximum absolute atomic E-state index is 12.6. The minimum atomic E-state index is 0.0673. The Morgan fingerprint density at radius 2 is 2.14 bits per heavy atom. The number of amides is 1. The van der Waals surface area contributed by atoms with E-state index in [9.17, 15) is 4.79 Å². The summed E-state index contributed by atoms with van der Waals surface area (Å²) in [6, 6.07) is 9.47. The number of likely N-dealkylation sites (tertiary alicyclic amines) is 1. The first kappa shape index (κ1) is 12.5. The van der Waals surface area contributed by atoms with Crippen molar-refractivity contribution in [3.63, 3.8) is 0 Å². The molecule has 1 aromatic carbocycles. The van der Waals surface area contributed by atoms with Gasteiger partial charge in [-0.15, -0.1) is 5.10 Å². The Kier molecular flexibility index (Phi) is 2.96. The average Bonchev–Trinajstić information content (AvgIpc) is 3.03. The van der Waals surface area contributed by atoms with Crippen LogP contribution < -0.4 is 0 Å². The molecular weight excluding hydrogens is 268 g/mol. The number of carbonyl (C=O) groups is 1. The van der Waals surface area contributed by atoms with E-state index in [-0.39, 0.29) is 18.1 Å². The van der Waals surface area contributed by atoms with Gasteiger partial charge in [-0.05, 0) is 18.6 Å². The highest BCUT2D eigenvalue weighted by Crippen LogP contribution is 2.30. The predicted octanol–water partition coefficient (Wildman–Crippen LogP) is 1.26. The predicted molar refractivity (Wildman–Crippen MR) is 74.6 cm³/mol. The van der Waals surface area contributed by atoms with Crippen molar-refractivity contribution in [3.8, 4) is 0 Å². The zero-order chi connectivity index (χ0) is 14.2. The SMILES string of the molecule is O=C(c1ccccc1)N1CC[C@H]2OCc3cnnn3[C@H]2C1. The standard InChI is InChI=1S/C15H16N4O2/c20-15(11-4-2-1-3-5-11)18-7-6-14-13(9-18)19-12(10-21-14)8-16-17-19/h1-5,8,13-14H,6-7,9-10H2/t13-,14+/m0/s1. The zero-order valence-corrected chi connectivity index (χ0v) is 11.6. The number of rotatable bonds is 1. The van der Waals surface area contributed by atoms with Gasteiger partial charge in [0.2, 0.25) is 0 Å². The molecule has 0 bridgehead atoms. The van der Waals surface area contributed by atoms with E-state index >= 15 is 0 Å². The molecule has 0 N–H and O–H groups in total. The lowest BCUT2D eigenvalue weighted by atomic mass is 9.99. The van der Waals surface area contributed by atoms with Crippen LogP contribution in [0.25, 0.3) is 0 Å². The number of piperidine rings is 1. The van der Waals surface area contributed by atoms with Crippen molar-refractivity contribution in [2.24, 2.45) is 0 Å². The molecule has 2 atom stereocenters. The molecule has 0 radical (unpaired) electrons.